The van der Waals surface area contributed by atoms with Crippen molar-refractivity contribution in [2.24, 2.45) is 11.3 Å². The van der Waals surface area contributed by atoms with Gasteiger partial charge in [0.1, 0.15) is 5.78 Å². The van der Waals surface area contributed by atoms with Crippen molar-refractivity contribution in [1.82, 2.24) is 10.3 Å². The number of amides is 1. The number of rotatable bonds is 4. The number of aromatic nitrogens is 1. The number of hydrogen-bond donors (Lipinski definition) is 2. The van der Waals surface area contributed by atoms with E-state index in [1.54, 1.807) is 25.2 Å². The van der Waals surface area contributed by atoms with Gasteiger partial charge in [-0.25, -0.2) is 4.98 Å². The third kappa shape index (κ3) is 7.68. The Kier molecular flexibility index (Phi) is 9.66. The van der Waals surface area contributed by atoms with Gasteiger partial charge < -0.3 is 19.9 Å². The smallest absolute Gasteiger partial charge is 0.223 e. The highest BCUT2D eigenvalue weighted by Gasteiger charge is 2.42. The highest BCUT2D eigenvalue weighted by molar-refractivity contribution is 7.09. The van der Waals surface area contributed by atoms with E-state index in [-0.39, 0.29) is 54.8 Å². The number of nitrogens with one attached hydrogen (secondary N) is 1. The van der Waals surface area contributed by atoms with Gasteiger partial charge in [-0.2, -0.15) is 0 Å². The average Bonchev–Trinajstić information content (AvgIpc) is 3.39. The molecule has 35 heavy (non-hydrogen) atoms. The fraction of sp³-hybridized carbons (Fsp3) is 0.741. The van der Waals surface area contributed by atoms with Crippen LogP contribution in [0.3, 0.4) is 0 Å². The first-order valence-electron chi connectivity index (χ1n) is 12.9. The Bertz CT molecular complexity index is 911. The molecule has 8 heteroatoms. The van der Waals surface area contributed by atoms with Crippen LogP contribution in [0.15, 0.2) is 11.0 Å². The van der Waals surface area contributed by atoms with E-state index >= 15 is 0 Å². The van der Waals surface area contributed by atoms with Crippen molar-refractivity contribution in [3.05, 3.63) is 21.7 Å². The highest BCUT2D eigenvalue weighted by atomic mass is 32.1. The number of carbonyl (C=O) groups is 2. The van der Waals surface area contributed by atoms with Gasteiger partial charge in [-0.05, 0) is 51.2 Å². The molecule has 6 atom stereocenters. The number of aliphatic hydroxyl groups is 1. The number of nitrogens with zero attached hydrogens (tertiary/aromatic N) is 1. The Morgan fingerprint density at radius 1 is 1.31 bits per heavy atom. The quantitative estimate of drug-likeness (QED) is 0.585. The second-order valence-corrected chi connectivity index (χ2v) is 11.8. The van der Waals surface area contributed by atoms with Crippen LogP contribution < -0.4 is 5.32 Å². The third-order valence-corrected chi connectivity index (χ3v) is 8.33. The van der Waals surface area contributed by atoms with Gasteiger partial charge in [0.25, 0.3) is 0 Å². The van der Waals surface area contributed by atoms with Gasteiger partial charge in [0, 0.05) is 30.2 Å². The molecule has 2 saturated heterocycles. The van der Waals surface area contributed by atoms with Crippen LogP contribution in [0.4, 0.5) is 0 Å². The molecule has 6 unspecified atom stereocenters. The highest BCUT2D eigenvalue weighted by Crippen LogP contribution is 2.35. The van der Waals surface area contributed by atoms with E-state index in [1.165, 1.54) is 0 Å². The van der Waals surface area contributed by atoms with Gasteiger partial charge in [0.15, 0.2) is 0 Å². The lowest BCUT2D eigenvalue weighted by Crippen LogP contribution is -2.44. The van der Waals surface area contributed by atoms with Crippen LogP contribution in [0.1, 0.15) is 83.8 Å². The second kappa shape index (κ2) is 12.1. The van der Waals surface area contributed by atoms with Crippen LogP contribution in [-0.2, 0) is 19.1 Å². The minimum atomic E-state index is -1.09. The predicted molar refractivity (Wildman–Crippen MR) is 138 cm³/mol. The van der Waals surface area contributed by atoms with E-state index in [2.05, 4.69) is 17.2 Å². The molecule has 0 spiro atoms. The Labute approximate surface area is 213 Å². The molecule has 196 valence electrons. The van der Waals surface area contributed by atoms with Crippen molar-refractivity contribution >= 4 is 29.1 Å². The lowest BCUT2D eigenvalue weighted by Gasteiger charge is -2.32. The molecule has 1 amide bonds. The standard InChI is InChI=1S/C27H42N2O5S/c1-7-33-22-13-24(30)27(5,6)25(31)14-26(32)29-20(17(3)11-19-15-35-18(4)28-19)12-23-21(34-23)10-8-9-16(22)2/h11,15-16,20-23,25,31H,7-10,12-14H2,1-6H3,(H,29,32). The fourth-order valence-electron chi connectivity index (χ4n) is 4.79. The number of fused-ring (bicyclic) bond motifs is 1. The molecule has 2 fully saturated rings. The summed E-state index contributed by atoms with van der Waals surface area (Å²) in [6.45, 7) is 12.0. The van der Waals surface area contributed by atoms with Gasteiger partial charge in [-0.1, -0.05) is 27.2 Å². The van der Waals surface area contributed by atoms with Gasteiger partial charge in [0.05, 0.1) is 47.6 Å². The largest absolute Gasteiger partial charge is 0.392 e. The summed E-state index contributed by atoms with van der Waals surface area (Å²) in [6, 6.07) is -0.223. The van der Waals surface area contributed by atoms with Crippen LogP contribution in [0.25, 0.3) is 6.08 Å². The first-order chi connectivity index (χ1) is 16.5. The number of hydrogen-bond acceptors (Lipinski definition) is 7. The van der Waals surface area contributed by atoms with Crippen molar-refractivity contribution in [2.75, 3.05) is 6.61 Å². The van der Waals surface area contributed by atoms with Crippen molar-refractivity contribution in [3.8, 4) is 0 Å². The van der Waals surface area contributed by atoms with Crippen LogP contribution in [-0.4, -0.2) is 58.8 Å². The van der Waals surface area contributed by atoms with Crippen molar-refractivity contribution in [1.29, 1.82) is 0 Å². The summed E-state index contributed by atoms with van der Waals surface area (Å²) < 4.78 is 11.9. The Balaban J connectivity index is 1.79. The Morgan fingerprint density at radius 2 is 2.06 bits per heavy atom. The van der Waals surface area contributed by atoms with E-state index in [0.717, 1.165) is 35.5 Å². The molecule has 0 aromatic carbocycles. The molecule has 2 aliphatic heterocycles. The lowest BCUT2D eigenvalue weighted by molar-refractivity contribution is -0.139. The molecular weight excluding hydrogens is 464 g/mol. The van der Waals surface area contributed by atoms with Crippen molar-refractivity contribution < 1.29 is 24.2 Å². The third-order valence-electron chi connectivity index (χ3n) is 7.53. The summed E-state index contributed by atoms with van der Waals surface area (Å²) >= 11 is 1.59. The molecule has 1 aromatic rings. The number of thiazole rings is 1. The van der Waals surface area contributed by atoms with Gasteiger partial charge in [-0.3, -0.25) is 9.59 Å². The molecule has 0 saturated carbocycles. The molecule has 1 aromatic heterocycles. The molecule has 3 heterocycles. The zero-order chi connectivity index (χ0) is 25.8. The average molecular weight is 507 g/mol. The van der Waals surface area contributed by atoms with E-state index in [0.29, 0.717) is 13.0 Å². The predicted octanol–water partition coefficient (Wildman–Crippen LogP) is 4.46. The number of aliphatic hydroxyl groups excluding tert-OH is 1. The van der Waals surface area contributed by atoms with E-state index < -0.39 is 11.5 Å². The van der Waals surface area contributed by atoms with Gasteiger partial charge in [-0.15, -0.1) is 11.3 Å². The monoisotopic (exact) mass is 506 g/mol. The van der Waals surface area contributed by atoms with Gasteiger partial charge >= 0.3 is 0 Å². The second-order valence-electron chi connectivity index (χ2n) is 10.7. The molecule has 2 aliphatic rings. The number of ether oxygens (including phenoxy) is 2. The number of ketones is 1. The summed E-state index contributed by atoms with van der Waals surface area (Å²) in [5, 5.41) is 17.0. The summed E-state index contributed by atoms with van der Waals surface area (Å²) in [5.41, 5.74) is 0.827. The topological polar surface area (TPSA) is 101 Å². The van der Waals surface area contributed by atoms with Crippen LogP contribution in [0, 0.1) is 18.3 Å². The molecule has 0 bridgehead atoms. The normalized spacial score (nSPS) is 33.2. The Morgan fingerprint density at radius 3 is 2.71 bits per heavy atom. The molecule has 2 N–H and O–H groups in total. The molecule has 7 nitrogen and oxygen atoms in total. The first-order valence-corrected chi connectivity index (χ1v) is 13.8. The van der Waals surface area contributed by atoms with Crippen molar-refractivity contribution in [2.45, 2.75) is 111 Å². The lowest BCUT2D eigenvalue weighted by atomic mass is 9.77. The SMILES string of the molecule is CCOC1CC(=O)C(C)(C)C(O)CC(=O)NC(C(C)=Cc2csc(C)n2)CC2OC2CCCC1C. The molecule has 0 aliphatic carbocycles. The maximum atomic E-state index is 13.2. The van der Waals surface area contributed by atoms with E-state index in [9.17, 15) is 14.7 Å². The number of aryl methyl sites for hydroxylation is 1. The number of carbonyl (C=O) groups excluding carboxylic acids is 2. The maximum Gasteiger partial charge on any atom is 0.223 e. The van der Waals surface area contributed by atoms with Gasteiger partial charge in [0.2, 0.25) is 5.91 Å². The fourth-order valence-corrected chi connectivity index (χ4v) is 5.36. The van der Waals surface area contributed by atoms with Crippen LogP contribution in [0.5, 0.6) is 0 Å². The summed E-state index contributed by atoms with van der Waals surface area (Å²) in [7, 11) is 0. The minimum Gasteiger partial charge on any atom is -0.392 e. The van der Waals surface area contributed by atoms with E-state index in [1.807, 2.05) is 32.2 Å². The van der Waals surface area contributed by atoms with Crippen molar-refractivity contribution in [3.63, 3.8) is 0 Å². The maximum absolute atomic E-state index is 13.2. The number of Topliss-reactive ketones (excluding diaryl/α,β-unsaturated/α-hetero) is 1. The summed E-state index contributed by atoms with van der Waals surface area (Å²) in [5.74, 6) is -0.128. The zero-order valence-corrected chi connectivity index (χ0v) is 22.8. The first kappa shape index (κ1) is 28.0. The molecule has 0 radical (unpaired) electrons. The Hall–Kier alpha value is -1.61. The van der Waals surface area contributed by atoms with Crippen LogP contribution in [0.2, 0.25) is 0 Å². The minimum absolute atomic E-state index is 0.0766. The zero-order valence-electron chi connectivity index (χ0n) is 22.0. The van der Waals surface area contributed by atoms with E-state index in [4.69, 9.17) is 9.47 Å². The molecule has 3 rings (SSSR count). The summed E-state index contributed by atoms with van der Waals surface area (Å²) in [4.78, 5) is 30.7. The summed E-state index contributed by atoms with van der Waals surface area (Å²) in [6.07, 6.45) is 4.71. The van der Waals surface area contributed by atoms with Crippen LogP contribution >= 0.6 is 11.3 Å². The molecular formula is C27H42N2O5S. The number of epoxide rings is 1.